The molecule has 16 heavy (non-hydrogen) atoms. The van der Waals surface area contributed by atoms with Crippen LogP contribution < -0.4 is 0 Å². The summed E-state index contributed by atoms with van der Waals surface area (Å²) in [5.74, 6) is -0.584. The second kappa shape index (κ2) is 5.27. The molecule has 0 fully saturated rings. The van der Waals surface area contributed by atoms with Crippen LogP contribution in [0.1, 0.15) is 15.9 Å². The van der Waals surface area contributed by atoms with Gasteiger partial charge in [0.2, 0.25) is 0 Å². The quantitative estimate of drug-likeness (QED) is 0.372. The van der Waals surface area contributed by atoms with Crippen LogP contribution in [0.25, 0.3) is 0 Å². The fourth-order valence-corrected chi connectivity index (χ4v) is 1.93. The zero-order valence-corrected chi connectivity index (χ0v) is 10.5. The van der Waals surface area contributed by atoms with E-state index in [9.17, 15) is 14.9 Å². The van der Waals surface area contributed by atoms with E-state index in [-0.39, 0.29) is 21.6 Å². The number of methoxy groups -OCH3 is 1. The van der Waals surface area contributed by atoms with Crippen molar-refractivity contribution in [3.63, 3.8) is 0 Å². The molecule has 0 bridgehead atoms. The van der Waals surface area contributed by atoms with Gasteiger partial charge in [-0.15, -0.1) is 0 Å². The van der Waals surface area contributed by atoms with Crippen LogP contribution in [0.3, 0.4) is 0 Å². The highest BCUT2D eigenvalue weighted by Crippen LogP contribution is 2.31. The highest BCUT2D eigenvalue weighted by Gasteiger charge is 2.21. The molecule has 7 heteroatoms. The molecular weight excluding hydrogens is 301 g/mol. The van der Waals surface area contributed by atoms with E-state index in [0.717, 1.165) is 0 Å². The van der Waals surface area contributed by atoms with Crippen molar-refractivity contribution in [2.75, 3.05) is 7.11 Å². The molecule has 0 atom stereocenters. The predicted molar refractivity (Wildman–Crippen MR) is 62.1 cm³/mol. The van der Waals surface area contributed by atoms with E-state index < -0.39 is 10.9 Å². The Hall–Kier alpha value is -1.14. The minimum Gasteiger partial charge on any atom is -0.465 e. The minimum atomic E-state index is -0.584. The third-order valence-corrected chi connectivity index (χ3v) is 2.78. The SMILES string of the molecule is COC(=O)c1cc(Cl)c([N+](=O)[O-])c(CBr)c1. The summed E-state index contributed by atoms with van der Waals surface area (Å²) in [6.07, 6.45) is 0. The second-order valence-electron chi connectivity index (χ2n) is 2.85. The largest absolute Gasteiger partial charge is 0.465 e. The summed E-state index contributed by atoms with van der Waals surface area (Å²) in [6, 6.07) is 2.60. The maximum absolute atomic E-state index is 11.2. The molecule has 0 amide bonds. The predicted octanol–water partition coefficient (Wildman–Crippen LogP) is 2.93. The summed E-state index contributed by atoms with van der Waals surface area (Å²) in [4.78, 5) is 21.4. The van der Waals surface area contributed by atoms with Gasteiger partial charge in [0, 0.05) is 10.9 Å². The summed E-state index contributed by atoms with van der Waals surface area (Å²) >= 11 is 8.84. The van der Waals surface area contributed by atoms with Crippen LogP contribution in [0.15, 0.2) is 12.1 Å². The van der Waals surface area contributed by atoms with E-state index in [1.807, 2.05) is 0 Å². The lowest BCUT2D eigenvalue weighted by atomic mass is 10.1. The Morgan fingerprint density at radius 1 is 1.62 bits per heavy atom. The molecular formula is C9H7BrClNO4. The van der Waals surface area contributed by atoms with Crippen LogP contribution in [0.5, 0.6) is 0 Å². The van der Waals surface area contributed by atoms with Crippen LogP contribution in [-0.4, -0.2) is 18.0 Å². The number of alkyl halides is 1. The van der Waals surface area contributed by atoms with Crippen LogP contribution >= 0.6 is 27.5 Å². The van der Waals surface area contributed by atoms with E-state index in [0.29, 0.717) is 5.56 Å². The van der Waals surface area contributed by atoms with Crippen LogP contribution in [0, 0.1) is 10.1 Å². The topological polar surface area (TPSA) is 69.4 Å². The molecule has 1 rings (SSSR count). The first kappa shape index (κ1) is 12.9. The number of esters is 1. The lowest BCUT2D eigenvalue weighted by Crippen LogP contribution is -2.04. The van der Waals surface area contributed by atoms with Crippen molar-refractivity contribution >= 4 is 39.2 Å². The maximum Gasteiger partial charge on any atom is 0.337 e. The summed E-state index contributed by atoms with van der Waals surface area (Å²) in [5, 5.41) is 10.9. The van der Waals surface area contributed by atoms with Crippen LogP contribution in [-0.2, 0) is 10.1 Å². The van der Waals surface area contributed by atoms with Gasteiger partial charge in [-0.05, 0) is 12.1 Å². The van der Waals surface area contributed by atoms with Gasteiger partial charge in [-0.3, -0.25) is 10.1 Å². The van der Waals surface area contributed by atoms with Crippen molar-refractivity contribution < 1.29 is 14.5 Å². The van der Waals surface area contributed by atoms with Gasteiger partial charge in [-0.1, -0.05) is 27.5 Å². The molecule has 5 nitrogen and oxygen atoms in total. The molecule has 0 spiro atoms. The third-order valence-electron chi connectivity index (χ3n) is 1.89. The maximum atomic E-state index is 11.2. The van der Waals surface area contributed by atoms with Gasteiger partial charge in [0.05, 0.1) is 17.6 Å². The number of hydrogen-bond donors (Lipinski definition) is 0. The molecule has 0 radical (unpaired) electrons. The summed E-state index contributed by atoms with van der Waals surface area (Å²) < 4.78 is 4.51. The number of carbonyl (C=O) groups excluding carboxylic acids is 1. The Morgan fingerprint density at radius 3 is 2.69 bits per heavy atom. The summed E-state index contributed by atoms with van der Waals surface area (Å²) in [7, 11) is 1.23. The van der Waals surface area contributed by atoms with Crippen molar-refractivity contribution in [2.24, 2.45) is 0 Å². The molecule has 0 saturated heterocycles. The van der Waals surface area contributed by atoms with Gasteiger partial charge in [-0.2, -0.15) is 0 Å². The molecule has 86 valence electrons. The Labute approximate surface area is 105 Å². The third kappa shape index (κ3) is 2.51. The zero-order chi connectivity index (χ0) is 12.3. The van der Waals surface area contributed by atoms with Gasteiger partial charge in [0.1, 0.15) is 5.02 Å². The fourth-order valence-electron chi connectivity index (χ4n) is 1.20. The highest BCUT2D eigenvalue weighted by atomic mass is 79.9. The number of carbonyl (C=O) groups is 1. The second-order valence-corrected chi connectivity index (χ2v) is 3.82. The first-order chi connectivity index (χ1) is 7.51. The Morgan fingerprint density at radius 2 is 2.25 bits per heavy atom. The van der Waals surface area contributed by atoms with Crippen molar-refractivity contribution in [3.8, 4) is 0 Å². The minimum absolute atomic E-state index is 0.0812. The van der Waals surface area contributed by atoms with E-state index in [1.165, 1.54) is 19.2 Å². The van der Waals surface area contributed by atoms with Crippen LogP contribution in [0.2, 0.25) is 5.02 Å². The van der Waals surface area contributed by atoms with Gasteiger partial charge in [-0.25, -0.2) is 4.79 Å². The lowest BCUT2D eigenvalue weighted by molar-refractivity contribution is -0.385. The van der Waals surface area contributed by atoms with Gasteiger partial charge < -0.3 is 4.74 Å². The van der Waals surface area contributed by atoms with Gasteiger partial charge in [0.15, 0.2) is 0 Å². The average molecular weight is 309 g/mol. The highest BCUT2D eigenvalue weighted by molar-refractivity contribution is 9.08. The molecule has 0 aromatic heterocycles. The van der Waals surface area contributed by atoms with E-state index in [2.05, 4.69) is 20.7 Å². The van der Waals surface area contributed by atoms with Gasteiger partial charge >= 0.3 is 5.97 Å². The van der Waals surface area contributed by atoms with Crippen molar-refractivity contribution in [1.29, 1.82) is 0 Å². The number of hydrogen-bond acceptors (Lipinski definition) is 4. The van der Waals surface area contributed by atoms with E-state index >= 15 is 0 Å². The van der Waals surface area contributed by atoms with Crippen molar-refractivity contribution in [3.05, 3.63) is 38.4 Å². The van der Waals surface area contributed by atoms with Crippen molar-refractivity contribution in [1.82, 2.24) is 0 Å². The number of nitro groups is 1. The summed E-state index contributed by atoms with van der Waals surface area (Å²) in [5.41, 5.74) is 0.316. The molecule has 0 aliphatic rings. The lowest BCUT2D eigenvalue weighted by Gasteiger charge is -2.04. The van der Waals surface area contributed by atoms with Crippen LogP contribution in [0.4, 0.5) is 5.69 Å². The zero-order valence-electron chi connectivity index (χ0n) is 8.20. The molecule has 0 aliphatic carbocycles. The Balaban J connectivity index is 3.37. The first-order valence-corrected chi connectivity index (χ1v) is 5.62. The molecule has 0 heterocycles. The monoisotopic (exact) mass is 307 g/mol. The molecule has 1 aromatic rings. The number of nitrogens with zero attached hydrogens (tertiary/aromatic N) is 1. The normalized spacial score (nSPS) is 9.94. The standard InChI is InChI=1S/C9H7BrClNO4/c1-16-9(13)5-2-6(4-10)8(12(14)15)7(11)3-5/h2-3H,4H2,1H3. The van der Waals surface area contributed by atoms with Crippen molar-refractivity contribution in [2.45, 2.75) is 5.33 Å². The molecule has 0 unspecified atom stereocenters. The Kier molecular flexibility index (Phi) is 4.26. The molecule has 0 saturated carbocycles. The fraction of sp³-hybridized carbons (Fsp3) is 0.222. The van der Waals surface area contributed by atoms with Gasteiger partial charge in [0.25, 0.3) is 5.69 Å². The Bertz CT molecular complexity index is 449. The molecule has 0 aliphatic heterocycles. The number of nitro benzene ring substituents is 1. The van der Waals surface area contributed by atoms with E-state index in [1.54, 1.807) is 0 Å². The smallest absolute Gasteiger partial charge is 0.337 e. The van der Waals surface area contributed by atoms with E-state index in [4.69, 9.17) is 11.6 Å². The first-order valence-electron chi connectivity index (χ1n) is 4.12. The number of benzene rings is 1. The molecule has 0 N–H and O–H groups in total. The average Bonchev–Trinajstić information content (AvgIpc) is 2.26. The summed E-state index contributed by atoms with van der Waals surface area (Å²) in [6.45, 7) is 0. The number of ether oxygens (including phenoxy) is 1. The number of rotatable bonds is 3. The number of halogens is 2. The molecule has 1 aromatic carbocycles.